The van der Waals surface area contributed by atoms with Crippen LogP contribution in [-0.2, 0) is 18.9 Å². The number of aliphatic hydroxyl groups excluding tert-OH is 7. The average Bonchev–Trinajstić information content (AvgIpc) is 3.11. The first-order valence-corrected chi connectivity index (χ1v) is 21.3. The van der Waals surface area contributed by atoms with Crippen LogP contribution in [0.25, 0.3) is 0 Å². The summed E-state index contributed by atoms with van der Waals surface area (Å²) in [6.45, 7) is 20.6. The fraction of sp³-hybridized carbons (Fsp3) is 0.953. The molecule has 0 aromatic carbocycles. The molecule has 4 saturated carbocycles. The van der Waals surface area contributed by atoms with Crippen molar-refractivity contribution in [2.75, 3.05) is 13.2 Å². The number of aliphatic hydroxyl groups is 7. The van der Waals surface area contributed by atoms with Crippen molar-refractivity contribution >= 4 is 0 Å². The van der Waals surface area contributed by atoms with E-state index in [0.717, 1.165) is 38.5 Å². The Hall–Kier alpha value is -0.700. The molecule has 0 radical (unpaired) electrons. The Labute approximate surface area is 323 Å². The highest BCUT2D eigenvalue weighted by molar-refractivity contribution is 5.18. The second-order valence-corrected chi connectivity index (χ2v) is 19.9. The van der Waals surface area contributed by atoms with Crippen LogP contribution < -0.4 is 0 Å². The number of rotatable bonds is 11. The van der Waals surface area contributed by atoms with Crippen LogP contribution in [-0.4, -0.2) is 116 Å². The van der Waals surface area contributed by atoms with Gasteiger partial charge in [0, 0.05) is 6.61 Å². The molecule has 2 saturated heterocycles. The maximum absolute atomic E-state index is 11.1. The van der Waals surface area contributed by atoms with E-state index in [2.05, 4.69) is 48.1 Å². The lowest BCUT2D eigenvalue weighted by atomic mass is 9.33. The first-order valence-electron chi connectivity index (χ1n) is 21.3. The molecular formula is C43H74O11. The summed E-state index contributed by atoms with van der Waals surface area (Å²) >= 11 is 0. The normalized spacial score (nSPS) is 51.0. The third kappa shape index (κ3) is 7.20. The molecule has 0 amide bonds. The number of hydrogen-bond donors (Lipinski definition) is 7. The number of allylic oxidation sites excluding steroid dienone is 1. The standard InChI is InChI=1S/C43H74O11/c1-23(2)25(12-9-10-21-44)26-13-11-18-42(7)27(26)14-15-30-41(6)19-17-31(40(4,5)29(41)16-20-43(30,42)8)54-39-37(50)35(48)33(46)28(53-39)22-51-38-36(49)34(47)32(45)24(3)52-38/h24-39,44-50H,1,9-22H2,2-8H3/t24?,25?,26?,27?,28?,29?,30?,31?,32?,33?,34?,35?,36?,37?,38?,39?,41?,42-,43?/m1/s1. The van der Waals surface area contributed by atoms with Crippen molar-refractivity contribution in [3.63, 3.8) is 0 Å². The molecule has 0 aromatic rings. The molecule has 19 atom stereocenters. The highest BCUT2D eigenvalue weighted by Crippen LogP contribution is 2.75. The van der Waals surface area contributed by atoms with E-state index in [9.17, 15) is 35.7 Å². The van der Waals surface area contributed by atoms with Gasteiger partial charge in [-0.25, -0.2) is 0 Å². The van der Waals surface area contributed by atoms with Gasteiger partial charge >= 0.3 is 0 Å². The first kappa shape index (κ1) is 42.9. The molecule has 0 aromatic heterocycles. The van der Waals surface area contributed by atoms with Gasteiger partial charge in [-0.15, -0.1) is 0 Å². The maximum Gasteiger partial charge on any atom is 0.186 e. The summed E-state index contributed by atoms with van der Waals surface area (Å²) in [5.74, 6) is 2.80. The van der Waals surface area contributed by atoms with Crippen molar-refractivity contribution in [3.8, 4) is 0 Å². The molecule has 0 spiro atoms. The fourth-order valence-corrected chi connectivity index (χ4v) is 13.7. The number of hydrogen-bond acceptors (Lipinski definition) is 11. The Morgan fingerprint density at radius 2 is 1.43 bits per heavy atom. The van der Waals surface area contributed by atoms with E-state index in [4.69, 9.17) is 18.9 Å². The molecule has 11 nitrogen and oxygen atoms in total. The summed E-state index contributed by atoms with van der Waals surface area (Å²) in [6, 6.07) is 0. The first-order chi connectivity index (χ1) is 25.3. The minimum Gasteiger partial charge on any atom is -0.396 e. The second kappa shape index (κ2) is 16.2. The van der Waals surface area contributed by atoms with Gasteiger partial charge in [-0.3, -0.25) is 0 Å². The lowest BCUT2D eigenvalue weighted by Crippen LogP contribution is -2.66. The zero-order valence-electron chi connectivity index (χ0n) is 34.1. The molecule has 2 aliphatic heterocycles. The predicted octanol–water partition coefficient (Wildman–Crippen LogP) is 4.45. The summed E-state index contributed by atoms with van der Waals surface area (Å²) in [5.41, 5.74) is 1.62. The molecule has 18 unspecified atom stereocenters. The Morgan fingerprint density at radius 3 is 2.11 bits per heavy atom. The van der Waals surface area contributed by atoms with Crippen LogP contribution in [0.2, 0.25) is 0 Å². The highest BCUT2D eigenvalue weighted by Gasteiger charge is 2.68. The van der Waals surface area contributed by atoms with Crippen LogP contribution in [0.5, 0.6) is 0 Å². The maximum atomic E-state index is 11.1. The third-order valence-electron chi connectivity index (χ3n) is 16.9. The molecule has 312 valence electrons. The monoisotopic (exact) mass is 767 g/mol. The molecule has 2 heterocycles. The highest BCUT2D eigenvalue weighted by atomic mass is 16.7. The number of ether oxygens (including phenoxy) is 4. The van der Waals surface area contributed by atoms with Gasteiger partial charge in [0.15, 0.2) is 12.6 Å². The van der Waals surface area contributed by atoms with Crippen molar-refractivity contribution in [3.05, 3.63) is 12.2 Å². The van der Waals surface area contributed by atoms with Gasteiger partial charge in [-0.05, 0) is 129 Å². The van der Waals surface area contributed by atoms with Gasteiger partial charge in [0.1, 0.15) is 42.7 Å². The van der Waals surface area contributed by atoms with Gasteiger partial charge in [-0.2, -0.15) is 0 Å². The van der Waals surface area contributed by atoms with Gasteiger partial charge < -0.3 is 54.7 Å². The minimum atomic E-state index is -1.55. The zero-order chi connectivity index (χ0) is 39.5. The van der Waals surface area contributed by atoms with E-state index in [1.54, 1.807) is 6.92 Å². The third-order valence-corrected chi connectivity index (χ3v) is 16.9. The van der Waals surface area contributed by atoms with Crippen molar-refractivity contribution < 1.29 is 54.7 Å². The summed E-state index contributed by atoms with van der Waals surface area (Å²) in [5, 5.41) is 73.0. The van der Waals surface area contributed by atoms with Crippen molar-refractivity contribution in [1.29, 1.82) is 0 Å². The van der Waals surface area contributed by atoms with E-state index < -0.39 is 61.4 Å². The lowest BCUT2D eigenvalue weighted by Gasteiger charge is -2.72. The van der Waals surface area contributed by atoms with E-state index >= 15 is 0 Å². The van der Waals surface area contributed by atoms with Crippen molar-refractivity contribution in [2.24, 2.45) is 51.2 Å². The molecular weight excluding hydrogens is 692 g/mol. The second-order valence-electron chi connectivity index (χ2n) is 19.9. The van der Waals surface area contributed by atoms with Crippen LogP contribution in [0, 0.1) is 51.2 Å². The summed E-state index contributed by atoms with van der Waals surface area (Å²) in [4.78, 5) is 0. The minimum absolute atomic E-state index is 0.112. The SMILES string of the molecule is C=C(C)C(CCCCO)C1CCC[C@]2(C)C1CCC1C3(C)CCC(OC4OC(COC5OC(C)C(O)C(O)C5O)C(O)C(O)C4O)C(C)(C)C3CCC12C. The average molecular weight is 767 g/mol. The van der Waals surface area contributed by atoms with Crippen LogP contribution in [0.3, 0.4) is 0 Å². The van der Waals surface area contributed by atoms with Gasteiger partial charge in [0.2, 0.25) is 0 Å². The molecule has 6 fully saturated rings. The topological polar surface area (TPSA) is 179 Å². The molecule has 11 heteroatoms. The molecule has 4 aliphatic carbocycles. The molecule has 6 aliphatic rings. The van der Waals surface area contributed by atoms with Crippen LogP contribution in [0.1, 0.15) is 126 Å². The number of fused-ring (bicyclic) bond motifs is 5. The van der Waals surface area contributed by atoms with E-state index in [-0.39, 0.29) is 41.0 Å². The van der Waals surface area contributed by atoms with Crippen LogP contribution in [0.15, 0.2) is 12.2 Å². The quantitative estimate of drug-likeness (QED) is 0.0898. The van der Waals surface area contributed by atoms with Crippen molar-refractivity contribution in [2.45, 2.75) is 193 Å². The van der Waals surface area contributed by atoms with E-state index in [1.165, 1.54) is 44.1 Å². The van der Waals surface area contributed by atoms with Crippen LogP contribution >= 0.6 is 0 Å². The number of unbranched alkanes of at least 4 members (excludes halogenated alkanes) is 1. The van der Waals surface area contributed by atoms with Gasteiger partial charge in [0.25, 0.3) is 0 Å². The summed E-state index contributed by atoms with van der Waals surface area (Å²) in [7, 11) is 0. The van der Waals surface area contributed by atoms with Gasteiger partial charge in [-0.1, -0.05) is 59.6 Å². The van der Waals surface area contributed by atoms with Gasteiger partial charge in [0.05, 0.1) is 18.8 Å². The van der Waals surface area contributed by atoms with E-state index in [0.29, 0.717) is 29.6 Å². The van der Waals surface area contributed by atoms with Crippen LogP contribution in [0.4, 0.5) is 0 Å². The Bertz CT molecular complexity index is 1300. The lowest BCUT2D eigenvalue weighted by molar-refractivity contribution is -0.344. The Morgan fingerprint density at radius 1 is 0.741 bits per heavy atom. The fourth-order valence-electron chi connectivity index (χ4n) is 13.7. The Balaban J connectivity index is 1.15. The molecule has 54 heavy (non-hydrogen) atoms. The summed E-state index contributed by atoms with van der Waals surface area (Å²) in [6.07, 6.45) is -0.0958. The summed E-state index contributed by atoms with van der Waals surface area (Å²) < 4.78 is 24.0. The zero-order valence-corrected chi connectivity index (χ0v) is 34.1. The predicted molar refractivity (Wildman–Crippen MR) is 203 cm³/mol. The molecule has 6 rings (SSSR count). The van der Waals surface area contributed by atoms with Crippen molar-refractivity contribution in [1.82, 2.24) is 0 Å². The molecule has 7 N–H and O–H groups in total. The van der Waals surface area contributed by atoms with E-state index in [1.807, 2.05) is 0 Å². The smallest absolute Gasteiger partial charge is 0.186 e. The molecule has 0 bridgehead atoms. The largest absolute Gasteiger partial charge is 0.396 e. The Kier molecular flexibility index (Phi) is 12.8.